The van der Waals surface area contributed by atoms with E-state index in [0.29, 0.717) is 5.02 Å². The van der Waals surface area contributed by atoms with E-state index >= 15 is 0 Å². The van der Waals surface area contributed by atoms with Gasteiger partial charge in [-0.25, -0.2) is 4.98 Å². The molecule has 2 unspecified atom stereocenters. The first-order chi connectivity index (χ1) is 8.74. The molecule has 0 aromatic carbocycles. The van der Waals surface area contributed by atoms with Gasteiger partial charge < -0.3 is 4.90 Å². The summed E-state index contributed by atoms with van der Waals surface area (Å²) in [5.74, 6) is 2.89. The molecular weight excluding hydrogens is 312 g/mol. The third-order valence-electron chi connectivity index (χ3n) is 4.38. The van der Waals surface area contributed by atoms with Gasteiger partial charge in [0.05, 0.1) is 9.50 Å². The van der Waals surface area contributed by atoms with E-state index in [9.17, 15) is 0 Å². The second-order valence-electron chi connectivity index (χ2n) is 5.50. The molecule has 98 valence electrons. The van der Waals surface area contributed by atoms with Gasteiger partial charge in [-0.05, 0) is 46.7 Å². The summed E-state index contributed by atoms with van der Waals surface area (Å²) in [6.45, 7) is 2.30. The molecule has 2 fully saturated rings. The number of pyridine rings is 1. The number of halogens is 2. The Labute approximate surface area is 122 Å². The number of hydrogen-bond acceptors (Lipinski definition) is 2. The number of piperidine rings is 1. The van der Waals surface area contributed by atoms with Crippen LogP contribution in [-0.4, -0.2) is 18.1 Å². The average Bonchev–Trinajstić information content (AvgIpc) is 2.38. The Hall–Kier alpha value is -0.280. The predicted octanol–water partition coefficient (Wildman–Crippen LogP) is 4.51. The van der Waals surface area contributed by atoms with Crippen molar-refractivity contribution >= 4 is 33.3 Å². The number of anilines is 1. The number of fused-ring (bicyclic) bond motifs is 1. The monoisotopic (exact) mass is 328 g/mol. The van der Waals surface area contributed by atoms with Crippen molar-refractivity contribution in [3.8, 4) is 0 Å². The van der Waals surface area contributed by atoms with Gasteiger partial charge in [-0.2, -0.15) is 0 Å². The zero-order valence-corrected chi connectivity index (χ0v) is 12.8. The van der Waals surface area contributed by atoms with Crippen molar-refractivity contribution in [1.29, 1.82) is 0 Å². The first-order valence-corrected chi connectivity index (χ1v) is 7.97. The van der Waals surface area contributed by atoms with E-state index in [2.05, 4.69) is 25.8 Å². The van der Waals surface area contributed by atoms with Crippen LogP contribution >= 0.6 is 27.5 Å². The molecule has 1 aliphatic heterocycles. The highest BCUT2D eigenvalue weighted by Crippen LogP contribution is 2.38. The van der Waals surface area contributed by atoms with E-state index in [4.69, 9.17) is 11.6 Å². The van der Waals surface area contributed by atoms with E-state index in [1.165, 1.54) is 32.1 Å². The average molecular weight is 330 g/mol. The lowest BCUT2D eigenvalue weighted by atomic mass is 9.75. The number of nitrogens with zero attached hydrogens (tertiary/aromatic N) is 2. The maximum absolute atomic E-state index is 5.96. The van der Waals surface area contributed by atoms with E-state index in [1.807, 2.05) is 6.07 Å². The Morgan fingerprint density at radius 3 is 2.78 bits per heavy atom. The van der Waals surface area contributed by atoms with Crippen molar-refractivity contribution in [2.24, 2.45) is 11.8 Å². The molecule has 2 nitrogen and oxygen atoms in total. The molecular formula is C14H18BrClN2. The second kappa shape index (κ2) is 5.38. The molecule has 1 saturated heterocycles. The summed E-state index contributed by atoms with van der Waals surface area (Å²) < 4.78 is 1.02. The standard InChI is InChI=1S/C14H18BrClN2/c15-13-7-12(16)8-17-14(13)18-6-5-10-3-1-2-4-11(10)9-18/h7-8,10-11H,1-6,9H2. The van der Waals surface area contributed by atoms with Crippen molar-refractivity contribution in [3.63, 3.8) is 0 Å². The Morgan fingerprint density at radius 1 is 1.22 bits per heavy atom. The van der Waals surface area contributed by atoms with Crippen LogP contribution in [0.4, 0.5) is 5.82 Å². The smallest absolute Gasteiger partial charge is 0.142 e. The van der Waals surface area contributed by atoms with Crippen LogP contribution in [0, 0.1) is 11.8 Å². The molecule has 1 aliphatic carbocycles. The van der Waals surface area contributed by atoms with E-state index < -0.39 is 0 Å². The van der Waals surface area contributed by atoms with Crippen molar-refractivity contribution in [2.45, 2.75) is 32.1 Å². The molecule has 4 heteroatoms. The number of rotatable bonds is 1. The minimum absolute atomic E-state index is 0.693. The fourth-order valence-corrected chi connectivity index (χ4v) is 4.32. The first-order valence-electron chi connectivity index (χ1n) is 6.80. The molecule has 1 saturated carbocycles. The Bertz CT molecular complexity index is 438. The lowest BCUT2D eigenvalue weighted by Crippen LogP contribution is -2.42. The summed E-state index contributed by atoms with van der Waals surface area (Å²) >= 11 is 9.54. The van der Waals surface area contributed by atoms with Crippen LogP contribution in [0.1, 0.15) is 32.1 Å². The molecule has 2 heterocycles. The van der Waals surface area contributed by atoms with Crippen LogP contribution in [0.15, 0.2) is 16.7 Å². The van der Waals surface area contributed by atoms with Gasteiger partial charge in [0.2, 0.25) is 0 Å². The summed E-state index contributed by atoms with van der Waals surface area (Å²) in [5.41, 5.74) is 0. The van der Waals surface area contributed by atoms with Gasteiger partial charge in [0, 0.05) is 19.3 Å². The lowest BCUT2D eigenvalue weighted by Gasteiger charge is -2.42. The molecule has 0 radical (unpaired) electrons. The van der Waals surface area contributed by atoms with Crippen LogP contribution in [0.25, 0.3) is 0 Å². The van der Waals surface area contributed by atoms with Gasteiger partial charge in [0.25, 0.3) is 0 Å². The summed E-state index contributed by atoms with van der Waals surface area (Å²) in [6.07, 6.45) is 8.74. The highest BCUT2D eigenvalue weighted by molar-refractivity contribution is 9.10. The van der Waals surface area contributed by atoms with Crippen LogP contribution in [0.2, 0.25) is 5.02 Å². The highest BCUT2D eigenvalue weighted by Gasteiger charge is 2.32. The predicted molar refractivity (Wildman–Crippen MR) is 79.2 cm³/mol. The van der Waals surface area contributed by atoms with Gasteiger partial charge >= 0.3 is 0 Å². The van der Waals surface area contributed by atoms with Crippen LogP contribution in [-0.2, 0) is 0 Å². The van der Waals surface area contributed by atoms with Crippen molar-refractivity contribution in [2.75, 3.05) is 18.0 Å². The molecule has 1 aromatic heterocycles. The zero-order chi connectivity index (χ0) is 12.5. The fraction of sp³-hybridized carbons (Fsp3) is 0.643. The van der Waals surface area contributed by atoms with E-state index in [1.54, 1.807) is 6.20 Å². The lowest BCUT2D eigenvalue weighted by molar-refractivity contribution is 0.202. The topological polar surface area (TPSA) is 16.1 Å². The summed E-state index contributed by atoms with van der Waals surface area (Å²) in [6, 6.07) is 1.94. The second-order valence-corrected chi connectivity index (χ2v) is 6.79. The Morgan fingerprint density at radius 2 is 2.00 bits per heavy atom. The first kappa shape index (κ1) is 12.7. The minimum Gasteiger partial charge on any atom is -0.355 e. The molecule has 2 aliphatic rings. The molecule has 2 atom stereocenters. The van der Waals surface area contributed by atoms with Gasteiger partial charge in [-0.1, -0.05) is 30.9 Å². The van der Waals surface area contributed by atoms with Crippen LogP contribution in [0.5, 0.6) is 0 Å². The molecule has 0 bridgehead atoms. The van der Waals surface area contributed by atoms with Crippen LogP contribution in [0.3, 0.4) is 0 Å². The SMILES string of the molecule is Clc1cnc(N2CCC3CCCCC3C2)c(Br)c1. The Balaban J connectivity index is 1.77. The molecule has 0 N–H and O–H groups in total. The van der Waals surface area contributed by atoms with E-state index in [-0.39, 0.29) is 0 Å². The summed E-state index contributed by atoms with van der Waals surface area (Å²) in [4.78, 5) is 6.91. The van der Waals surface area contributed by atoms with Gasteiger partial charge in [0.1, 0.15) is 5.82 Å². The van der Waals surface area contributed by atoms with Crippen molar-refractivity contribution in [3.05, 3.63) is 21.8 Å². The number of aromatic nitrogens is 1. The summed E-state index contributed by atoms with van der Waals surface area (Å²) in [7, 11) is 0. The zero-order valence-electron chi connectivity index (χ0n) is 10.4. The quantitative estimate of drug-likeness (QED) is 0.753. The normalized spacial score (nSPS) is 28.0. The maximum Gasteiger partial charge on any atom is 0.142 e. The molecule has 1 aromatic rings. The maximum atomic E-state index is 5.96. The van der Waals surface area contributed by atoms with Gasteiger partial charge in [-0.3, -0.25) is 0 Å². The molecule has 18 heavy (non-hydrogen) atoms. The fourth-order valence-electron chi connectivity index (χ4n) is 3.43. The summed E-state index contributed by atoms with van der Waals surface area (Å²) in [5, 5.41) is 0.693. The molecule has 3 rings (SSSR count). The molecule has 0 amide bonds. The Kier molecular flexibility index (Phi) is 3.81. The van der Waals surface area contributed by atoms with Crippen molar-refractivity contribution < 1.29 is 0 Å². The third kappa shape index (κ3) is 2.53. The van der Waals surface area contributed by atoms with Gasteiger partial charge in [-0.15, -0.1) is 0 Å². The highest BCUT2D eigenvalue weighted by atomic mass is 79.9. The van der Waals surface area contributed by atoms with Crippen LogP contribution < -0.4 is 4.90 Å². The van der Waals surface area contributed by atoms with Gasteiger partial charge in [0.15, 0.2) is 0 Å². The molecule has 0 spiro atoms. The van der Waals surface area contributed by atoms with E-state index in [0.717, 1.165) is 35.2 Å². The minimum atomic E-state index is 0.693. The third-order valence-corrected chi connectivity index (χ3v) is 5.17. The van der Waals surface area contributed by atoms with Crippen molar-refractivity contribution in [1.82, 2.24) is 4.98 Å². The largest absolute Gasteiger partial charge is 0.355 e. The number of hydrogen-bond donors (Lipinski definition) is 0.